The Bertz CT molecular complexity index is 635. The maximum atomic E-state index is 11.6. The second-order valence-corrected chi connectivity index (χ2v) is 6.72. The van der Waals surface area contributed by atoms with Crippen LogP contribution in [-0.2, 0) is 20.8 Å². The molecule has 25 heavy (non-hydrogen) atoms. The third kappa shape index (κ3) is 7.04. The van der Waals surface area contributed by atoms with Gasteiger partial charge in [-0.25, -0.2) is 0 Å². The van der Waals surface area contributed by atoms with Crippen LogP contribution in [0.25, 0.3) is 0 Å². The number of carboxylic acids is 1. The summed E-state index contributed by atoms with van der Waals surface area (Å²) in [5.41, 5.74) is 1.90. The summed E-state index contributed by atoms with van der Waals surface area (Å²) in [5, 5.41) is 14.1. The maximum Gasteiger partial charge on any atom is 0.313 e. The predicted molar refractivity (Wildman–Crippen MR) is 96.1 cm³/mol. The van der Waals surface area contributed by atoms with Crippen LogP contribution in [0, 0.1) is 0 Å². The van der Waals surface area contributed by atoms with E-state index in [0.717, 1.165) is 17.0 Å². The van der Waals surface area contributed by atoms with E-state index < -0.39 is 5.97 Å². The average Bonchev–Trinajstić information content (AvgIpc) is 2.58. The van der Waals surface area contributed by atoms with Crippen LogP contribution in [0.4, 0.5) is 5.69 Å². The molecule has 0 aromatic heterocycles. The number of rotatable bonds is 10. The molecule has 2 amide bonds. The molecule has 0 aliphatic carbocycles. The first-order valence-electron chi connectivity index (χ1n) is 8.16. The zero-order valence-corrected chi connectivity index (χ0v) is 14.7. The minimum absolute atomic E-state index is 0.0357. The number of carbonyl (C=O) groups excluding carboxylic acids is 2. The van der Waals surface area contributed by atoms with Crippen LogP contribution in [0.15, 0.2) is 18.2 Å². The highest BCUT2D eigenvalue weighted by Gasteiger charge is 2.15. The Balaban J connectivity index is 1.59. The van der Waals surface area contributed by atoms with Gasteiger partial charge in [-0.15, -0.1) is 11.8 Å². The van der Waals surface area contributed by atoms with Crippen molar-refractivity contribution >= 4 is 35.2 Å². The van der Waals surface area contributed by atoms with Gasteiger partial charge in [-0.3, -0.25) is 14.4 Å². The van der Waals surface area contributed by atoms with Gasteiger partial charge in [0.15, 0.2) is 0 Å². The molecule has 7 nitrogen and oxygen atoms in total. The molecular weight excluding hydrogens is 344 g/mol. The molecule has 0 radical (unpaired) electrons. The molecule has 0 fully saturated rings. The summed E-state index contributed by atoms with van der Waals surface area (Å²) in [6, 6.07) is 5.57. The van der Waals surface area contributed by atoms with E-state index in [-0.39, 0.29) is 17.6 Å². The summed E-state index contributed by atoms with van der Waals surface area (Å²) >= 11 is 1.28. The van der Waals surface area contributed by atoms with E-state index in [2.05, 4.69) is 10.6 Å². The topological polar surface area (TPSA) is 105 Å². The van der Waals surface area contributed by atoms with Gasteiger partial charge in [-0.05, 0) is 36.6 Å². The second kappa shape index (κ2) is 9.93. The second-order valence-electron chi connectivity index (χ2n) is 5.62. The van der Waals surface area contributed by atoms with Crippen molar-refractivity contribution in [3.63, 3.8) is 0 Å². The molecule has 1 aliphatic rings. The fourth-order valence-corrected chi connectivity index (χ4v) is 2.95. The van der Waals surface area contributed by atoms with Gasteiger partial charge >= 0.3 is 5.97 Å². The molecule has 0 atom stereocenters. The predicted octanol–water partition coefficient (Wildman–Crippen LogP) is 1.66. The number of ether oxygens (including phenoxy) is 1. The molecule has 1 heterocycles. The van der Waals surface area contributed by atoms with Crippen molar-refractivity contribution in [2.24, 2.45) is 0 Å². The van der Waals surface area contributed by atoms with Crippen molar-refractivity contribution in [2.45, 2.75) is 25.7 Å². The summed E-state index contributed by atoms with van der Waals surface area (Å²) in [5.74, 6) is 0.494. The number of carboxylic acid groups (broad SMARTS) is 1. The van der Waals surface area contributed by atoms with E-state index in [9.17, 15) is 14.4 Å². The molecule has 1 aromatic carbocycles. The van der Waals surface area contributed by atoms with Crippen LogP contribution in [0.3, 0.4) is 0 Å². The third-order valence-corrected chi connectivity index (χ3v) is 4.53. The summed E-state index contributed by atoms with van der Waals surface area (Å²) in [6.45, 7) is 0.903. The van der Waals surface area contributed by atoms with Crippen molar-refractivity contribution < 1.29 is 24.2 Å². The Morgan fingerprint density at radius 2 is 2.16 bits per heavy atom. The van der Waals surface area contributed by atoms with Gasteiger partial charge in [0.1, 0.15) is 5.75 Å². The monoisotopic (exact) mass is 366 g/mol. The normalized spacial score (nSPS) is 12.9. The number of aryl methyl sites for hydroxylation is 1. The molecule has 1 aliphatic heterocycles. The quantitative estimate of drug-likeness (QED) is 0.544. The molecule has 0 saturated carbocycles. The van der Waals surface area contributed by atoms with Crippen LogP contribution < -0.4 is 15.4 Å². The number of benzene rings is 1. The van der Waals surface area contributed by atoms with Gasteiger partial charge in [0.25, 0.3) is 0 Å². The van der Waals surface area contributed by atoms with Crippen LogP contribution >= 0.6 is 11.8 Å². The third-order valence-electron chi connectivity index (χ3n) is 3.58. The van der Waals surface area contributed by atoms with Crippen molar-refractivity contribution in [1.29, 1.82) is 0 Å². The van der Waals surface area contributed by atoms with Crippen LogP contribution in [0.5, 0.6) is 5.75 Å². The van der Waals surface area contributed by atoms with Crippen molar-refractivity contribution in [2.75, 3.05) is 30.0 Å². The van der Waals surface area contributed by atoms with Gasteiger partial charge in [0.05, 0.1) is 12.4 Å². The van der Waals surface area contributed by atoms with Crippen molar-refractivity contribution in [3.05, 3.63) is 23.8 Å². The summed E-state index contributed by atoms with van der Waals surface area (Å²) in [6.07, 6.45) is 2.16. The summed E-state index contributed by atoms with van der Waals surface area (Å²) < 4.78 is 5.66. The lowest BCUT2D eigenvalue weighted by Gasteiger charge is -2.17. The minimum Gasteiger partial charge on any atom is -0.494 e. The van der Waals surface area contributed by atoms with Crippen LogP contribution in [0.2, 0.25) is 0 Å². The van der Waals surface area contributed by atoms with E-state index >= 15 is 0 Å². The number of anilines is 1. The first-order valence-corrected chi connectivity index (χ1v) is 9.32. The Hall–Kier alpha value is -2.22. The van der Waals surface area contributed by atoms with Gasteiger partial charge < -0.3 is 20.5 Å². The average molecular weight is 366 g/mol. The largest absolute Gasteiger partial charge is 0.494 e. The molecule has 136 valence electrons. The molecule has 0 bridgehead atoms. The fraction of sp³-hybridized carbons (Fsp3) is 0.471. The molecule has 0 unspecified atom stereocenters. The van der Waals surface area contributed by atoms with Crippen LogP contribution in [0.1, 0.15) is 24.8 Å². The molecule has 0 spiro atoms. The molecular formula is C17H22N2O5S. The molecule has 0 saturated heterocycles. The van der Waals surface area contributed by atoms with Crippen molar-refractivity contribution in [1.82, 2.24) is 5.32 Å². The Morgan fingerprint density at radius 3 is 2.96 bits per heavy atom. The molecule has 1 aromatic rings. The first kappa shape index (κ1) is 19.1. The number of fused-ring (bicyclic) bond motifs is 1. The zero-order valence-electron chi connectivity index (χ0n) is 13.9. The highest BCUT2D eigenvalue weighted by molar-refractivity contribution is 7.99. The lowest BCUT2D eigenvalue weighted by molar-refractivity contribution is -0.134. The standard InChI is InChI=1S/C17H22N2O5S/c20-15(18-7-9-25-11-17(22)23)2-1-8-24-13-4-5-14-12(10-13)3-6-16(21)19-14/h4-5,10H,1-3,6-9,11H2,(H,18,20)(H,19,21)(H,22,23). The fourth-order valence-electron chi connectivity index (χ4n) is 2.38. The number of nitrogens with one attached hydrogen (secondary N) is 2. The van der Waals surface area contributed by atoms with E-state index in [1.165, 1.54) is 11.8 Å². The van der Waals surface area contributed by atoms with E-state index in [0.29, 0.717) is 44.6 Å². The zero-order chi connectivity index (χ0) is 18.1. The van der Waals surface area contributed by atoms with Crippen LogP contribution in [-0.4, -0.2) is 47.5 Å². The number of hydrogen-bond donors (Lipinski definition) is 3. The smallest absolute Gasteiger partial charge is 0.313 e. The molecule has 3 N–H and O–H groups in total. The highest BCUT2D eigenvalue weighted by Crippen LogP contribution is 2.26. The SMILES string of the molecule is O=C(O)CSCCNC(=O)CCCOc1ccc2c(c1)CCC(=O)N2. The van der Waals surface area contributed by atoms with Gasteiger partial charge in [-0.2, -0.15) is 0 Å². The Morgan fingerprint density at radius 1 is 1.32 bits per heavy atom. The number of hydrogen-bond acceptors (Lipinski definition) is 5. The van der Waals surface area contributed by atoms with E-state index in [4.69, 9.17) is 9.84 Å². The molecule has 2 rings (SSSR count). The lowest BCUT2D eigenvalue weighted by atomic mass is 10.0. The first-order chi connectivity index (χ1) is 12.0. The van der Waals surface area contributed by atoms with E-state index in [1.807, 2.05) is 18.2 Å². The van der Waals surface area contributed by atoms with E-state index in [1.54, 1.807) is 0 Å². The lowest BCUT2D eigenvalue weighted by Crippen LogP contribution is -2.26. The number of carbonyl (C=O) groups is 3. The van der Waals surface area contributed by atoms with Gasteiger partial charge in [0, 0.05) is 30.8 Å². The maximum absolute atomic E-state index is 11.6. The molecule has 8 heteroatoms. The summed E-state index contributed by atoms with van der Waals surface area (Å²) in [4.78, 5) is 33.3. The number of aliphatic carboxylic acids is 1. The van der Waals surface area contributed by atoms with Crippen molar-refractivity contribution in [3.8, 4) is 5.75 Å². The van der Waals surface area contributed by atoms with Gasteiger partial charge in [-0.1, -0.05) is 0 Å². The Kier molecular flexibility index (Phi) is 7.59. The highest BCUT2D eigenvalue weighted by atomic mass is 32.2. The minimum atomic E-state index is -0.849. The number of amides is 2. The van der Waals surface area contributed by atoms with Gasteiger partial charge in [0.2, 0.25) is 11.8 Å². The number of thioether (sulfide) groups is 1. The Labute approximate surface area is 150 Å². The summed E-state index contributed by atoms with van der Waals surface area (Å²) in [7, 11) is 0.